The molecule has 4 bridgehead atoms. The number of carbonyl (C=O) groups excluding carboxylic acids is 3. The molecule has 6 rings (SSSR count). The number of aromatic nitrogens is 1. The minimum Gasteiger partial charge on any atom is -0.493 e. The molecule has 268 valence electrons. The number of carbonyl (C=O) groups is 4. The number of para-hydroxylation sites is 1. The molecule has 13 nitrogen and oxygen atoms in total. The molecule has 1 saturated heterocycles. The number of nitrogens with one attached hydrogen (secondary N) is 1. The first-order chi connectivity index (χ1) is 24.5. The number of carboxylic acid groups (broad SMARTS) is 1. The minimum absolute atomic E-state index is 0.140. The Balaban J connectivity index is 0.00000120. The van der Waals surface area contributed by atoms with Crippen LogP contribution in [0.4, 0.5) is 0 Å². The van der Waals surface area contributed by atoms with Crippen molar-refractivity contribution in [3.05, 3.63) is 99.8 Å². The van der Waals surface area contributed by atoms with Gasteiger partial charge in [0.1, 0.15) is 5.75 Å². The summed E-state index contributed by atoms with van der Waals surface area (Å²) in [6.45, 7) is 4.02. The Hall–Kier alpha value is -5.69. The molecule has 0 radical (unpaired) electrons. The van der Waals surface area contributed by atoms with Crippen molar-refractivity contribution in [3.63, 3.8) is 0 Å². The van der Waals surface area contributed by atoms with Gasteiger partial charge in [0.2, 0.25) is 5.91 Å². The van der Waals surface area contributed by atoms with Crippen LogP contribution in [0, 0.1) is 0 Å². The van der Waals surface area contributed by atoms with E-state index in [1.807, 2.05) is 55.5 Å². The lowest BCUT2D eigenvalue weighted by molar-refractivity contribution is -0.134. The predicted molar refractivity (Wildman–Crippen MR) is 189 cm³/mol. The number of piperidine rings is 1. The molecule has 3 aromatic carbocycles. The van der Waals surface area contributed by atoms with Gasteiger partial charge < -0.3 is 39.0 Å². The molecule has 3 amide bonds. The van der Waals surface area contributed by atoms with Crippen molar-refractivity contribution in [2.75, 3.05) is 33.3 Å². The number of pyridine rings is 1. The lowest BCUT2D eigenvalue weighted by Gasteiger charge is -2.39. The topological polar surface area (TPSA) is 157 Å². The van der Waals surface area contributed by atoms with Crippen LogP contribution in [0.2, 0.25) is 0 Å². The molecular formula is C38H42N4O9. The Labute approximate surface area is 295 Å². The predicted octanol–water partition coefficient (Wildman–Crippen LogP) is 4.21. The van der Waals surface area contributed by atoms with E-state index in [1.54, 1.807) is 30.1 Å². The summed E-state index contributed by atoms with van der Waals surface area (Å²) >= 11 is 0. The standard InChI is InChI=1S/C36H38N4O7.C2H4O2/c1-4-15-39-21-33(41)37-28-14-16-40(36(44)27-19-34(42)38(2)29-11-6-5-10-26(27)29)20-32(28)46-22-23-8-7-9-25(17-23)47-31-18-24(35(39)43)12-13-30(31)45-3;1-2(3)4/h5-13,17-19,28,32H,4,14-16,20-22H2,1-3H3,(H,37,41);1H3,(H,3,4)/t28-,32-;/m0./s1. The van der Waals surface area contributed by atoms with E-state index in [9.17, 15) is 19.2 Å². The third-order valence-corrected chi connectivity index (χ3v) is 8.69. The minimum atomic E-state index is -0.833. The SMILES string of the molecule is CC(=O)O.CCCN1CC(=O)N[C@H]2CCN(C(=O)c3cc(=O)n(C)c4ccccc34)C[C@@H]2OCc2cccc(c2)Oc2cc(ccc2OC)C1=O. The van der Waals surface area contributed by atoms with Crippen LogP contribution in [0.5, 0.6) is 17.2 Å². The van der Waals surface area contributed by atoms with E-state index in [0.717, 1.165) is 12.5 Å². The highest BCUT2D eigenvalue weighted by Gasteiger charge is 2.35. The van der Waals surface area contributed by atoms with Crippen LogP contribution in [-0.2, 0) is 28.0 Å². The van der Waals surface area contributed by atoms with Crippen molar-refractivity contribution >= 4 is 34.6 Å². The molecule has 1 fully saturated rings. The summed E-state index contributed by atoms with van der Waals surface area (Å²) in [5.41, 5.74) is 1.93. The summed E-state index contributed by atoms with van der Waals surface area (Å²) in [7, 11) is 3.21. The summed E-state index contributed by atoms with van der Waals surface area (Å²) in [6.07, 6.45) is 0.530. The Bertz CT molecular complexity index is 1990. The molecule has 1 aromatic heterocycles. The molecule has 2 aliphatic rings. The van der Waals surface area contributed by atoms with Gasteiger partial charge in [0.25, 0.3) is 23.3 Å². The number of likely N-dealkylation sites (tertiary alicyclic amines) is 1. The first-order valence-electron chi connectivity index (χ1n) is 16.7. The van der Waals surface area contributed by atoms with Crippen LogP contribution < -0.4 is 20.3 Å². The third kappa shape index (κ3) is 8.73. The normalized spacial score (nSPS) is 17.7. The summed E-state index contributed by atoms with van der Waals surface area (Å²) in [5.74, 6) is -0.359. The molecular weight excluding hydrogens is 656 g/mol. The number of nitrogens with zero attached hydrogens (tertiary/aromatic N) is 3. The van der Waals surface area contributed by atoms with Crippen molar-refractivity contribution in [2.45, 2.75) is 45.4 Å². The van der Waals surface area contributed by atoms with Crippen LogP contribution in [-0.4, -0.2) is 88.6 Å². The van der Waals surface area contributed by atoms with Gasteiger partial charge in [0.05, 0.1) is 43.5 Å². The average molecular weight is 699 g/mol. The Morgan fingerprint density at radius 2 is 1.78 bits per heavy atom. The van der Waals surface area contributed by atoms with E-state index < -0.39 is 18.1 Å². The monoisotopic (exact) mass is 698 g/mol. The highest BCUT2D eigenvalue weighted by atomic mass is 16.5. The number of amides is 3. The van der Waals surface area contributed by atoms with Gasteiger partial charge in [0.15, 0.2) is 11.5 Å². The van der Waals surface area contributed by atoms with Gasteiger partial charge in [-0.3, -0.25) is 24.0 Å². The van der Waals surface area contributed by atoms with Crippen molar-refractivity contribution in [2.24, 2.45) is 7.05 Å². The van der Waals surface area contributed by atoms with Crippen LogP contribution in [0.1, 0.15) is 53.0 Å². The van der Waals surface area contributed by atoms with Gasteiger partial charge in [-0.25, -0.2) is 0 Å². The van der Waals surface area contributed by atoms with Crippen LogP contribution in [0.3, 0.4) is 0 Å². The number of benzene rings is 3. The summed E-state index contributed by atoms with van der Waals surface area (Å²) in [4.78, 5) is 66.0. The van der Waals surface area contributed by atoms with E-state index in [1.165, 1.54) is 22.6 Å². The molecule has 0 saturated carbocycles. The van der Waals surface area contributed by atoms with Gasteiger partial charge in [0, 0.05) is 50.6 Å². The second-order valence-electron chi connectivity index (χ2n) is 12.4. The maximum atomic E-state index is 13.9. The average Bonchev–Trinajstić information content (AvgIpc) is 3.11. The van der Waals surface area contributed by atoms with Gasteiger partial charge in [-0.05, 0) is 54.8 Å². The maximum absolute atomic E-state index is 13.9. The Kier molecular flexibility index (Phi) is 11.7. The molecule has 2 N–H and O–H groups in total. The number of aliphatic carboxylic acids is 1. The fourth-order valence-electron chi connectivity index (χ4n) is 6.24. The fraction of sp³-hybridized carbons (Fsp3) is 0.342. The van der Waals surface area contributed by atoms with E-state index in [-0.39, 0.29) is 43.0 Å². The lowest BCUT2D eigenvalue weighted by Crippen LogP contribution is -2.57. The van der Waals surface area contributed by atoms with Crippen LogP contribution >= 0.6 is 0 Å². The number of hydrogen-bond acceptors (Lipinski definition) is 8. The van der Waals surface area contributed by atoms with Gasteiger partial charge in [-0.15, -0.1) is 0 Å². The number of ether oxygens (including phenoxy) is 3. The zero-order chi connectivity index (χ0) is 36.7. The van der Waals surface area contributed by atoms with Crippen LogP contribution in [0.25, 0.3) is 10.9 Å². The number of carboxylic acids is 1. The zero-order valence-electron chi connectivity index (χ0n) is 29.1. The zero-order valence-corrected chi connectivity index (χ0v) is 29.1. The van der Waals surface area contributed by atoms with Crippen LogP contribution in [0.15, 0.2) is 77.6 Å². The lowest BCUT2D eigenvalue weighted by atomic mass is 9.99. The molecule has 3 heterocycles. The first kappa shape index (κ1) is 36.6. The highest BCUT2D eigenvalue weighted by molar-refractivity contribution is 6.06. The van der Waals surface area contributed by atoms with E-state index in [2.05, 4.69) is 5.32 Å². The maximum Gasteiger partial charge on any atom is 0.300 e. The number of rotatable bonds is 4. The largest absolute Gasteiger partial charge is 0.493 e. The smallest absolute Gasteiger partial charge is 0.300 e. The summed E-state index contributed by atoms with van der Waals surface area (Å²) in [6, 6.07) is 20.7. The van der Waals surface area contributed by atoms with Gasteiger partial charge >= 0.3 is 0 Å². The number of fused-ring (bicyclic) bond motifs is 6. The third-order valence-electron chi connectivity index (χ3n) is 8.69. The van der Waals surface area contributed by atoms with E-state index >= 15 is 0 Å². The molecule has 13 heteroatoms. The second kappa shape index (κ2) is 16.3. The van der Waals surface area contributed by atoms with Crippen molar-refractivity contribution in [1.29, 1.82) is 0 Å². The Morgan fingerprint density at radius 1 is 1.02 bits per heavy atom. The summed E-state index contributed by atoms with van der Waals surface area (Å²) < 4.78 is 19.6. The second-order valence-corrected chi connectivity index (χ2v) is 12.4. The van der Waals surface area contributed by atoms with E-state index in [0.29, 0.717) is 65.2 Å². The van der Waals surface area contributed by atoms with Gasteiger partial charge in [-0.1, -0.05) is 37.3 Å². The molecule has 0 unspecified atom stereocenters. The van der Waals surface area contributed by atoms with Crippen molar-refractivity contribution < 1.29 is 38.5 Å². The molecule has 0 aliphatic carbocycles. The fourth-order valence-corrected chi connectivity index (χ4v) is 6.24. The number of methoxy groups -OCH3 is 1. The van der Waals surface area contributed by atoms with Crippen molar-refractivity contribution in [1.82, 2.24) is 19.7 Å². The molecule has 51 heavy (non-hydrogen) atoms. The number of hydrogen-bond donors (Lipinski definition) is 2. The quantitative estimate of drug-likeness (QED) is 0.319. The van der Waals surface area contributed by atoms with Gasteiger partial charge in [-0.2, -0.15) is 0 Å². The Morgan fingerprint density at radius 3 is 2.53 bits per heavy atom. The summed E-state index contributed by atoms with van der Waals surface area (Å²) in [5, 5.41) is 11.2. The molecule has 0 spiro atoms. The van der Waals surface area contributed by atoms with E-state index in [4.69, 9.17) is 24.1 Å². The molecule has 4 aromatic rings. The number of aryl methyl sites for hydroxylation is 1. The molecule has 2 aliphatic heterocycles. The van der Waals surface area contributed by atoms with Crippen molar-refractivity contribution in [3.8, 4) is 17.2 Å². The first-order valence-corrected chi connectivity index (χ1v) is 16.7. The highest BCUT2D eigenvalue weighted by Crippen LogP contribution is 2.33. The molecule has 2 atom stereocenters.